The van der Waals surface area contributed by atoms with Gasteiger partial charge in [-0.2, -0.15) is 5.10 Å². The molecule has 0 bridgehead atoms. The van der Waals surface area contributed by atoms with E-state index < -0.39 is 8.80 Å². The third kappa shape index (κ3) is 4.29. The SMILES string of the molecule is CCO[Si](CCCn1ncc2c1C=CCC2)(OCC)OCC. The van der Waals surface area contributed by atoms with Crippen molar-refractivity contribution in [2.24, 2.45) is 0 Å². The van der Waals surface area contributed by atoms with E-state index >= 15 is 0 Å². The number of allylic oxidation sites excluding steroid dienone is 1. The maximum atomic E-state index is 5.89. The van der Waals surface area contributed by atoms with E-state index in [2.05, 4.69) is 21.9 Å². The lowest BCUT2D eigenvalue weighted by molar-refractivity contribution is 0.0704. The summed E-state index contributed by atoms with van der Waals surface area (Å²) >= 11 is 0. The Bertz CT molecular complexity index is 471. The van der Waals surface area contributed by atoms with Crippen LogP contribution in [0.25, 0.3) is 6.08 Å². The molecule has 0 aromatic carbocycles. The number of aryl methyl sites for hydroxylation is 2. The Morgan fingerprint density at radius 2 is 1.82 bits per heavy atom. The highest BCUT2D eigenvalue weighted by Crippen LogP contribution is 2.22. The summed E-state index contributed by atoms with van der Waals surface area (Å²) in [6, 6.07) is 0.834. The number of rotatable bonds is 10. The average Bonchev–Trinajstić information content (AvgIpc) is 2.92. The highest BCUT2D eigenvalue weighted by atomic mass is 28.4. The third-order valence-corrected chi connectivity index (χ3v) is 6.91. The number of aromatic nitrogens is 2. The van der Waals surface area contributed by atoms with Crippen LogP contribution in [0.2, 0.25) is 6.04 Å². The number of nitrogens with zero attached hydrogens (tertiary/aromatic N) is 2. The van der Waals surface area contributed by atoms with Crippen molar-refractivity contribution in [1.82, 2.24) is 9.78 Å². The van der Waals surface area contributed by atoms with Gasteiger partial charge in [0.05, 0.1) is 11.9 Å². The Morgan fingerprint density at radius 3 is 2.45 bits per heavy atom. The zero-order chi connectivity index (χ0) is 15.8. The lowest BCUT2D eigenvalue weighted by atomic mass is 10.1. The van der Waals surface area contributed by atoms with E-state index in [1.165, 1.54) is 11.3 Å². The van der Waals surface area contributed by atoms with Crippen LogP contribution in [0.4, 0.5) is 0 Å². The van der Waals surface area contributed by atoms with Gasteiger partial charge in [-0.1, -0.05) is 6.08 Å². The molecule has 22 heavy (non-hydrogen) atoms. The topological polar surface area (TPSA) is 45.5 Å². The van der Waals surface area contributed by atoms with Gasteiger partial charge in [0.15, 0.2) is 0 Å². The molecular formula is C16H28N2O3Si. The molecular weight excluding hydrogens is 296 g/mol. The lowest BCUT2D eigenvalue weighted by Crippen LogP contribution is -2.46. The number of hydrogen-bond acceptors (Lipinski definition) is 4. The molecule has 0 saturated heterocycles. The van der Waals surface area contributed by atoms with Crippen LogP contribution in [0.1, 0.15) is 44.9 Å². The van der Waals surface area contributed by atoms with Gasteiger partial charge in [0, 0.05) is 32.4 Å². The Hall–Kier alpha value is -0.953. The van der Waals surface area contributed by atoms with Crippen molar-refractivity contribution in [1.29, 1.82) is 0 Å². The van der Waals surface area contributed by atoms with Crippen LogP contribution in [-0.2, 0) is 26.2 Å². The summed E-state index contributed by atoms with van der Waals surface area (Å²) < 4.78 is 19.8. The molecule has 1 heterocycles. The molecule has 2 rings (SSSR count). The van der Waals surface area contributed by atoms with Crippen LogP contribution in [0.15, 0.2) is 12.3 Å². The van der Waals surface area contributed by atoms with Crippen molar-refractivity contribution in [2.45, 2.75) is 52.6 Å². The predicted molar refractivity (Wildman–Crippen MR) is 89.6 cm³/mol. The van der Waals surface area contributed by atoms with Gasteiger partial charge in [0.2, 0.25) is 0 Å². The van der Waals surface area contributed by atoms with Gasteiger partial charge >= 0.3 is 8.80 Å². The van der Waals surface area contributed by atoms with Crippen LogP contribution in [-0.4, -0.2) is 38.4 Å². The van der Waals surface area contributed by atoms with Gasteiger partial charge in [-0.3, -0.25) is 4.68 Å². The summed E-state index contributed by atoms with van der Waals surface area (Å²) in [5.41, 5.74) is 2.60. The van der Waals surface area contributed by atoms with E-state index in [-0.39, 0.29) is 0 Å². The zero-order valence-corrected chi connectivity index (χ0v) is 15.0. The van der Waals surface area contributed by atoms with E-state index in [1.54, 1.807) is 0 Å². The van der Waals surface area contributed by atoms with Crippen molar-refractivity contribution in [3.8, 4) is 0 Å². The molecule has 0 radical (unpaired) electrons. The van der Waals surface area contributed by atoms with E-state index in [1.807, 2.05) is 27.0 Å². The van der Waals surface area contributed by atoms with Gasteiger partial charge in [0.25, 0.3) is 0 Å². The first kappa shape index (κ1) is 17.4. The molecule has 1 aliphatic carbocycles. The minimum atomic E-state index is -2.52. The first-order valence-electron chi connectivity index (χ1n) is 8.37. The fourth-order valence-corrected chi connectivity index (χ4v) is 5.47. The monoisotopic (exact) mass is 324 g/mol. The maximum Gasteiger partial charge on any atom is 0.500 e. The van der Waals surface area contributed by atoms with Crippen molar-refractivity contribution in [3.05, 3.63) is 23.5 Å². The number of fused-ring (bicyclic) bond motifs is 1. The second kappa shape index (κ2) is 8.62. The van der Waals surface area contributed by atoms with Gasteiger partial charge in [0.1, 0.15) is 0 Å². The molecule has 0 spiro atoms. The molecule has 0 aliphatic heterocycles. The summed E-state index contributed by atoms with van der Waals surface area (Å²) in [5.74, 6) is 0. The van der Waals surface area contributed by atoms with E-state index in [9.17, 15) is 0 Å². The molecule has 124 valence electrons. The largest absolute Gasteiger partial charge is 0.500 e. The Kier molecular flexibility index (Phi) is 6.82. The summed E-state index contributed by atoms with van der Waals surface area (Å²) in [6.07, 6.45) is 9.57. The van der Waals surface area contributed by atoms with Crippen LogP contribution in [0.5, 0.6) is 0 Å². The van der Waals surface area contributed by atoms with Crippen LogP contribution >= 0.6 is 0 Å². The Morgan fingerprint density at radius 1 is 1.14 bits per heavy atom. The molecule has 1 aromatic rings. The van der Waals surface area contributed by atoms with Gasteiger partial charge in [-0.05, 0) is 51.7 Å². The summed E-state index contributed by atoms with van der Waals surface area (Å²) in [4.78, 5) is 0. The molecule has 0 atom stereocenters. The fraction of sp³-hybridized carbons (Fsp3) is 0.688. The fourth-order valence-electron chi connectivity index (χ4n) is 2.88. The number of hydrogen-bond donors (Lipinski definition) is 0. The van der Waals surface area contributed by atoms with Crippen molar-refractivity contribution >= 4 is 14.9 Å². The van der Waals surface area contributed by atoms with Crippen LogP contribution in [0.3, 0.4) is 0 Å². The molecule has 6 heteroatoms. The zero-order valence-electron chi connectivity index (χ0n) is 14.0. The van der Waals surface area contributed by atoms with Gasteiger partial charge in [-0.25, -0.2) is 0 Å². The van der Waals surface area contributed by atoms with E-state index in [0.717, 1.165) is 31.9 Å². The molecule has 0 saturated carbocycles. The predicted octanol–water partition coefficient (Wildman–Crippen LogP) is 3.28. The van der Waals surface area contributed by atoms with E-state index in [0.29, 0.717) is 19.8 Å². The average molecular weight is 324 g/mol. The van der Waals surface area contributed by atoms with Crippen molar-refractivity contribution in [3.63, 3.8) is 0 Å². The molecule has 0 N–H and O–H groups in total. The molecule has 1 aliphatic rings. The summed E-state index contributed by atoms with van der Waals surface area (Å²) in [5, 5.41) is 4.51. The molecule has 1 aromatic heterocycles. The summed E-state index contributed by atoms with van der Waals surface area (Å²) in [7, 11) is -2.52. The first-order valence-corrected chi connectivity index (χ1v) is 10.3. The highest BCUT2D eigenvalue weighted by molar-refractivity contribution is 6.60. The highest BCUT2D eigenvalue weighted by Gasteiger charge is 2.39. The second-order valence-electron chi connectivity index (χ2n) is 5.30. The second-order valence-corrected chi connectivity index (χ2v) is 8.04. The summed E-state index contributed by atoms with van der Waals surface area (Å²) in [6.45, 7) is 8.75. The Balaban J connectivity index is 1.95. The maximum absolute atomic E-state index is 5.89. The minimum absolute atomic E-state index is 0.631. The quantitative estimate of drug-likeness (QED) is 0.620. The molecule has 0 fully saturated rings. The first-order chi connectivity index (χ1) is 10.7. The standard InChI is InChI=1S/C16H28N2O3Si/c1-4-19-22(20-5-2,21-6-3)13-9-12-18-16-11-8-7-10-15(16)14-17-18/h8,11,14H,4-7,9-10,12-13H2,1-3H3. The lowest BCUT2D eigenvalue weighted by Gasteiger charge is -2.28. The third-order valence-electron chi connectivity index (χ3n) is 3.76. The van der Waals surface area contributed by atoms with Gasteiger partial charge in [-0.15, -0.1) is 0 Å². The normalized spacial score (nSPS) is 14.3. The Labute approximate surface area is 134 Å². The molecule has 0 amide bonds. The minimum Gasteiger partial charge on any atom is -0.374 e. The van der Waals surface area contributed by atoms with E-state index in [4.69, 9.17) is 13.3 Å². The van der Waals surface area contributed by atoms with Crippen LogP contribution in [0, 0.1) is 0 Å². The van der Waals surface area contributed by atoms with Crippen LogP contribution < -0.4 is 0 Å². The van der Waals surface area contributed by atoms with Crippen molar-refractivity contribution in [2.75, 3.05) is 19.8 Å². The van der Waals surface area contributed by atoms with Gasteiger partial charge < -0.3 is 13.3 Å². The molecule has 5 nitrogen and oxygen atoms in total. The van der Waals surface area contributed by atoms with Crippen molar-refractivity contribution < 1.29 is 13.3 Å². The smallest absolute Gasteiger partial charge is 0.374 e. The molecule has 0 unspecified atom stereocenters.